The number of fused-ring (bicyclic) bond motifs is 1. The smallest absolute Gasteiger partial charge is 0.272 e. The molecule has 2 aromatic rings. The maximum Gasteiger partial charge on any atom is 0.272 e. The van der Waals surface area contributed by atoms with Crippen LogP contribution in [0.5, 0.6) is 0 Å². The number of nitrogens with one attached hydrogen (secondary N) is 1. The molecular weight excluding hydrogens is 306 g/mol. The number of ether oxygens (including phenoxy) is 1. The van der Waals surface area contributed by atoms with Gasteiger partial charge in [0, 0.05) is 49.7 Å². The van der Waals surface area contributed by atoms with Crippen LogP contribution in [0.4, 0.5) is 0 Å². The van der Waals surface area contributed by atoms with Crippen molar-refractivity contribution in [2.75, 3.05) is 13.2 Å². The molecule has 0 aromatic carbocycles. The molecule has 2 aromatic heterocycles. The first-order valence-corrected chi connectivity index (χ1v) is 8.64. The minimum atomic E-state index is -0.107. The number of carbonyl (C=O) groups is 1. The zero-order valence-corrected chi connectivity index (χ0v) is 14.0. The van der Waals surface area contributed by atoms with Crippen LogP contribution in [-0.2, 0) is 30.9 Å². The normalized spacial score (nSPS) is 16.9. The van der Waals surface area contributed by atoms with Crippen LogP contribution in [0.3, 0.4) is 0 Å². The molecule has 0 atom stereocenters. The van der Waals surface area contributed by atoms with E-state index in [1.54, 1.807) is 6.20 Å². The van der Waals surface area contributed by atoms with E-state index < -0.39 is 0 Å². The lowest BCUT2D eigenvalue weighted by Crippen LogP contribution is -2.29. The molecule has 4 rings (SSSR count). The van der Waals surface area contributed by atoms with E-state index in [4.69, 9.17) is 4.74 Å². The highest BCUT2D eigenvalue weighted by Crippen LogP contribution is 2.32. The summed E-state index contributed by atoms with van der Waals surface area (Å²) >= 11 is 0. The Morgan fingerprint density at radius 1 is 1.46 bits per heavy atom. The third-order valence-corrected chi connectivity index (χ3v) is 4.80. The summed E-state index contributed by atoms with van der Waals surface area (Å²) in [6, 6.07) is 0. The molecule has 0 unspecified atom stereocenters. The molecule has 0 saturated heterocycles. The van der Waals surface area contributed by atoms with Gasteiger partial charge in [0.15, 0.2) is 5.69 Å². The number of aryl methyl sites for hydroxylation is 1. The van der Waals surface area contributed by atoms with Crippen LogP contribution in [0.15, 0.2) is 12.4 Å². The molecule has 3 heterocycles. The Labute approximate surface area is 141 Å². The largest absolute Gasteiger partial charge is 0.376 e. The van der Waals surface area contributed by atoms with Crippen molar-refractivity contribution < 1.29 is 9.53 Å². The van der Waals surface area contributed by atoms with Crippen molar-refractivity contribution in [2.24, 2.45) is 5.92 Å². The maximum atomic E-state index is 12.6. The number of hydrogen-bond acceptors (Lipinski definition) is 4. The summed E-state index contributed by atoms with van der Waals surface area (Å²) < 4.78 is 9.62. The first-order valence-electron chi connectivity index (χ1n) is 8.64. The monoisotopic (exact) mass is 329 g/mol. The summed E-state index contributed by atoms with van der Waals surface area (Å²) in [5.41, 5.74) is 2.69. The van der Waals surface area contributed by atoms with Crippen LogP contribution in [0.25, 0.3) is 0 Å². The van der Waals surface area contributed by atoms with Crippen LogP contribution < -0.4 is 5.32 Å². The number of hydrogen-bond donors (Lipinski definition) is 1. The van der Waals surface area contributed by atoms with E-state index in [1.807, 2.05) is 22.4 Å². The van der Waals surface area contributed by atoms with Crippen molar-refractivity contribution in [2.45, 2.75) is 45.9 Å². The number of aromatic nitrogens is 4. The van der Waals surface area contributed by atoms with Crippen molar-refractivity contribution in [1.82, 2.24) is 24.6 Å². The van der Waals surface area contributed by atoms with Gasteiger partial charge >= 0.3 is 0 Å². The van der Waals surface area contributed by atoms with Gasteiger partial charge in [0.25, 0.3) is 5.91 Å². The quantitative estimate of drug-likeness (QED) is 0.867. The first-order chi connectivity index (χ1) is 11.7. The fraction of sp³-hybridized carbons (Fsp3) is 0.588. The highest BCUT2D eigenvalue weighted by molar-refractivity contribution is 5.94. The summed E-state index contributed by atoms with van der Waals surface area (Å²) in [5.74, 6) is 1.57. The van der Waals surface area contributed by atoms with Crippen LogP contribution in [0.1, 0.15) is 40.4 Å². The van der Waals surface area contributed by atoms with E-state index in [0.717, 1.165) is 30.3 Å². The molecule has 1 fully saturated rings. The minimum Gasteiger partial charge on any atom is -0.376 e. The lowest BCUT2D eigenvalue weighted by molar-refractivity contribution is 0.0923. The Morgan fingerprint density at radius 3 is 3.08 bits per heavy atom. The predicted molar refractivity (Wildman–Crippen MR) is 87.6 cm³/mol. The van der Waals surface area contributed by atoms with Gasteiger partial charge in [-0.2, -0.15) is 5.10 Å². The summed E-state index contributed by atoms with van der Waals surface area (Å²) in [5, 5.41) is 7.59. The van der Waals surface area contributed by atoms with Crippen molar-refractivity contribution in [3.05, 3.63) is 35.2 Å². The van der Waals surface area contributed by atoms with Gasteiger partial charge in [0.05, 0.1) is 13.2 Å². The van der Waals surface area contributed by atoms with Crippen molar-refractivity contribution >= 4 is 5.91 Å². The number of imidazole rings is 1. The molecular formula is C17H23N5O2. The second-order valence-corrected chi connectivity index (χ2v) is 6.63. The summed E-state index contributed by atoms with van der Waals surface area (Å²) in [4.78, 5) is 16.8. The Morgan fingerprint density at radius 2 is 2.33 bits per heavy atom. The molecule has 7 nitrogen and oxygen atoms in total. The molecule has 2 aliphatic rings. The van der Waals surface area contributed by atoms with Crippen molar-refractivity contribution in [3.63, 3.8) is 0 Å². The summed E-state index contributed by atoms with van der Waals surface area (Å²) in [7, 11) is 0. The molecule has 24 heavy (non-hydrogen) atoms. The molecule has 0 radical (unpaired) electrons. The van der Waals surface area contributed by atoms with Crippen LogP contribution >= 0.6 is 0 Å². The van der Waals surface area contributed by atoms with Gasteiger partial charge in [0.2, 0.25) is 0 Å². The van der Waals surface area contributed by atoms with E-state index in [9.17, 15) is 4.79 Å². The van der Waals surface area contributed by atoms with Gasteiger partial charge in [-0.05, 0) is 25.7 Å². The highest BCUT2D eigenvalue weighted by atomic mass is 16.5. The summed E-state index contributed by atoms with van der Waals surface area (Å²) in [6.45, 7) is 5.35. The lowest BCUT2D eigenvalue weighted by Gasteiger charge is -2.15. The predicted octanol–water partition coefficient (Wildman–Crippen LogP) is 1.30. The van der Waals surface area contributed by atoms with E-state index >= 15 is 0 Å². The van der Waals surface area contributed by atoms with Crippen molar-refractivity contribution in [3.8, 4) is 0 Å². The van der Waals surface area contributed by atoms with Gasteiger partial charge < -0.3 is 14.6 Å². The van der Waals surface area contributed by atoms with Crippen LogP contribution in [-0.4, -0.2) is 38.4 Å². The SMILES string of the molecule is Cc1nccn1CCNC(=O)c1nn(CC2CC2)c2c1COCC2. The molecule has 1 saturated carbocycles. The van der Waals surface area contributed by atoms with E-state index in [1.165, 1.54) is 18.5 Å². The molecule has 1 N–H and O–H groups in total. The zero-order chi connectivity index (χ0) is 16.5. The molecule has 128 valence electrons. The van der Waals surface area contributed by atoms with Gasteiger partial charge in [-0.3, -0.25) is 9.48 Å². The van der Waals surface area contributed by atoms with Gasteiger partial charge in [-0.1, -0.05) is 0 Å². The molecule has 7 heteroatoms. The Hall–Kier alpha value is -2.15. The lowest BCUT2D eigenvalue weighted by atomic mass is 10.1. The highest BCUT2D eigenvalue weighted by Gasteiger charge is 2.29. The molecule has 1 aliphatic heterocycles. The number of carbonyl (C=O) groups excluding carboxylic acids is 1. The zero-order valence-electron chi connectivity index (χ0n) is 14.0. The Balaban J connectivity index is 1.45. The minimum absolute atomic E-state index is 0.107. The van der Waals surface area contributed by atoms with E-state index in [-0.39, 0.29) is 5.91 Å². The van der Waals surface area contributed by atoms with Gasteiger partial charge in [-0.15, -0.1) is 0 Å². The fourth-order valence-corrected chi connectivity index (χ4v) is 3.20. The second-order valence-electron chi connectivity index (χ2n) is 6.63. The van der Waals surface area contributed by atoms with Crippen molar-refractivity contribution in [1.29, 1.82) is 0 Å². The summed E-state index contributed by atoms with van der Waals surface area (Å²) in [6.07, 6.45) is 7.08. The van der Waals surface area contributed by atoms with E-state index in [0.29, 0.717) is 32.0 Å². The first kappa shape index (κ1) is 15.4. The number of nitrogens with zero attached hydrogens (tertiary/aromatic N) is 4. The molecule has 0 spiro atoms. The third-order valence-electron chi connectivity index (χ3n) is 4.80. The second kappa shape index (κ2) is 6.39. The Bertz CT molecular complexity index is 744. The van der Waals surface area contributed by atoms with Gasteiger partial charge in [-0.25, -0.2) is 4.98 Å². The molecule has 0 bridgehead atoms. The average molecular weight is 329 g/mol. The maximum absolute atomic E-state index is 12.6. The average Bonchev–Trinajstić information content (AvgIpc) is 3.20. The molecule has 1 aliphatic carbocycles. The van der Waals surface area contributed by atoms with E-state index in [2.05, 4.69) is 15.4 Å². The fourth-order valence-electron chi connectivity index (χ4n) is 3.20. The standard InChI is InChI=1S/C17H23N5O2/c1-12-18-5-7-21(12)8-6-19-17(23)16-14-11-24-9-4-15(14)22(20-16)10-13-2-3-13/h5,7,13H,2-4,6,8-11H2,1H3,(H,19,23). The number of amides is 1. The van der Waals surface area contributed by atoms with Crippen LogP contribution in [0, 0.1) is 12.8 Å². The topological polar surface area (TPSA) is 74.0 Å². The third kappa shape index (κ3) is 3.08. The number of rotatable bonds is 6. The molecule has 1 amide bonds. The van der Waals surface area contributed by atoms with Gasteiger partial charge in [0.1, 0.15) is 5.82 Å². The van der Waals surface area contributed by atoms with Crippen LogP contribution in [0.2, 0.25) is 0 Å². The Kier molecular flexibility index (Phi) is 4.10.